The van der Waals surface area contributed by atoms with Crippen molar-refractivity contribution in [2.75, 3.05) is 25.0 Å². The first-order valence-corrected chi connectivity index (χ1v) is 10.4. The van der Waals surface area contributed by atoms with Gasteiger partial charge in [0.2, 0.25) is 0 Å². The molecule has 1 saturated heterocycles. The van der Waals surface area contributed by atoms with Crippen LogP contribution in [0.25, 0.3) is 0 Å². The molecule has 0 radical (unpaired) electrons. The fourth-order valence-electron chi connectivity index (χ4n) is 3.55. The number of likely N-dealkylation sites (N-methyl/N-ethyl adjacent to an activating group) is 1. The average Bonchev–Trinajstić information content (AvgIpc) is 3.11. The van der Waals surface area contributed by atoms with E-state index in [1.807, 2.05) is 25.1 Å². The van der Waals surface area contributed by atoms with Gasteiger partial charge >= 0.3 is 11.5 Å². The van der Waals surface area contributed by atoms with Gasteiger partial charge in [0.1, 0.15) is 0 Å². The lowest BCUT2D eigenvalue weighted by molar-refractivity contribution is -0.0328. The quantitative estimate of drug-likeness (QED) is 0.630. The monoisotopic (exact) mass is 423 g/mol. The minimum absolute atomic E-state index is 0.0928. The Morgan fingerprint density at radius 3 is 2.48 bits per heavy atom. The number of thioether (sulfide) groups is 1. The number of rotatable bonds is 6. The van der Waals surface area contributed by atoms with E-state index in [0.29, 0.717) is 12.2 Å². The van der Waals surface area contributed by atoms with Crippen LogP contribution in [0.5, 0.6) is 0 Å². The number of hydrogen-bond acceptors (Lipinski definition) is 3. The Hall–Kier alpha value is -2.19. The number of nitrogens with one attached hydrogen (secondary N) is 1. The molecule has 0 saturated carbocycles. The molecule has 3 rings (SSSR count). The van der Waals surface area contributed by atoms with Crippen LogP contribution in [0.1, 0.15) is 18.9 Å². The summed E-state index contributed by atoms with van der Waals surface area (Å²) in [6.45, 7) is 5.08. The Morgan fingerprint density at radius 2 is 1.86 bits per heavy atom. The molecular formula is C21H24F3N3OS. The largest absolute Gasteiger partial charge is 0.446 e. The van der Waals surface area contributed by atoms with E-state index in [9.17, 15) is 18.0 Å². The summed E-state index contributed by atoms with van der Waals surface area (Å²) < 4.78 is 37.3. The topological polar surface area (TPSA) is 35.6 Å². The fraction of sp³-hybridized carbons (Fsp3) is 0.381. The number of nitrogens with zero attached hydrogens (tertiary/aromatic N) is 2. The third-order valence-electron chi connectivity index (χ3n) is 4.88. The van der Waals surface area contributed by atoms with Gasteiger partial charge in [-0.25, -0.2) is 4.79 Å². The number of halogens is 3. The highest BCUT2D eigenvalue weighted by molar-refractivity contribution is 8.00. The molecule has 0 aromatic heterocycles. The molecule has 0 aliphatic carbocycles. The van der Waals surface area contributed by atoms with Gasteiger partial charge in [-0.1, -0.05) is 30.3 Å². The summed E-state index contributed by atoms with van der Waals surface area (Å²) in [6, 6.07) is 15.8. The van der Waals surface area contributed by atoms with Crippen LogP contribution in [0.15, 0.2) is 59.5 Å². The maximum absolute atomic E-state index is 12.7. The van der Waals surface area contributed by atoms with Gasteiger partial charge in [-0.15, -0.1) is 0 Å². The van der Waals surface area contributed by atoms with Gasteiger partial charge in [0.05, 0.1) is 0 Å². The Bertz CT molecular complexity index is 799. The molecule has 2 aromatic rings. The maximum atomic E-state index is 12.7. The second-order valence-corrected chi connectivity index (χ2v) is 8.09. The molecule has 2 amide bonds. The van der Waals surface area contributed by atoms with E-state index in [2.05, 4.69) is 22.3 Å². The van der Waals surface area contributed by atoms with Crippen LogP contribution in [0.3, 0.4) is 0 Å². The summed E-state index contributed by atoms with van der Waals surface area (Å²) in [5, 5.41) is 2.80. The van der Waals surface area contributed by atoms with Gasteiger partial charge in [0.25, 0.3) is 0 Å². The van der Waals surface area contributed by atoms with E-state index in [0.717, 1.165) is 26.1 Å². The summed E-state index contributed by atoms with van der Waals surface area (Å²) in [6.07, 6.45) is 0.898. The van der Waals surface area contributed by atoms with Crippen LogP contribution >= 0.6 is 11.8 Å². The van der Waals surface area contributed by atoms with Gasteiger partial charge < -0.3 is 10.2 Å². The highest BCUT2D eigenvalue weighted by atomic mass is 32.2. The van der Waals surface area contributed by atoms with Crippen molar-refractivity contribution in [1.29, 1.82) is 0 Å². The molecule has 156 valence electrons. The maximum Gasteiger partial charge on any atom is 0.446 e. The molecule has 2 aromatic carbocycles. The molecule has 1 unspecified atom stereocenters. The normalized spacial score (nSPS) is 17.3. The van der Waals surface area contributed by atoms with Crippen molar-refractivity contribution in [3.63, 3.8) is 0 Å². The summed E-state index contributed by atoms with van der Waals surface area (Å²) in [5.41, 5.74) is -2.59. The predicted octanol–water partition coefficient (Wildman–Crippen LogP) is 5.43. The Morgan fingerprint density at radius 1 is 1.17 bits per heavy atom. The first-order chi connectivity index (χ1) is 13.8. The molecule has 1 N–H and O–H groups in total. The molecule has 1 aliphatic rings. The summed E-state index contributed by atoms with van der Waals surface area (Å²) in [7, 11) is 0. The minimum atomic E-state index is -4.32. The van der Waals surface area contributed by atoms with Crippen molar-refractivity contribution in [1.82, 2.24) is 9.80 Å². The third-order valence-corrected chi connectivity index (χ3v) is 5.62. The molecule has 0 spiro atoms. The zero-order valence-corrected chi connectivity index (χ0v) is 17.0. The number of anilines is 1. The summed E-state index contributed by atoms with van der Waals surface area (Å²) >= 11 is -0.168. The lowest BCUT2D eigenvalue weighted by Crippen LogP contribution is -2.44. The second kappa shape index (κ2) is 9.54. The number of urea groups is 1. The standard InChI is InChI=1S/C21H24F3N3OS/c1-2-27(18-12-13-26(15-18)14-16-6-4-3-5-7-16)20(28)25-17-8-10-19(11-9-17)29-21(22,23)24/h3-11,18H,2,12-15H2,1H3,(H,25,28). The van der Waals surface area contributed by atoms with Crippen molar-refractivity contribution in [2.45, 2.75) is 36.3 Å². The minimum Gasteiger partial charge on any atom is -0.320 e. The van der Waals surface area contributed by atoms with Crippen molar-refractivity contribution < 1.29 is 18.0 Å². The van der Waals surface area contributed by atoms with E-state index in [-0.39, 0.29) is 28.7 Å². The molecule has 0 bridgehead atoms. The zero-order valence-electron chi connectivity index (χ0n) is 16.2. The lowest BCUT2D eigenvalue weighted by atomic mass is 10.2. The first-order valence-electron chi connectivity index (χ1n) is 9.54. The van der Waals surface area contributed by atoms with Crippen LogP contribution in [0.4, 0.5) is 23.7 Å². The van der Waals surface area contributed by atoms with E-state index in [1.165, 1.54) is 29.8 Å². The molecule has 4 nitrogen and oxygen atoms in total. The zero-order chi connectivity index (χ0) is 20.9. The number of carbonyl (C=O) groups is 1. The SMILES string of the molecule is CCN(C(=O)Nc1ccc(SC(F)(F)F)cc1)C1CCN(Cc2ccccc2)C1. The van der Waals surface area contributed by atoms with Crippen molar-refractivity contribution >= 4 is 23.5 Å². The van der Waals surface area contributed by atoms with Gasteiger partial charge in [0, 0.05) is 42.8 Å². The van der Waals surface area contributed by atoms with Crippen molar-refractivity contribution in [3.05, 3.63) is 60.2 Å². The highest BCUT2D eigenvalue weighted by Gasteiger charge is 2.30. The van der Waals surface area contributed by atoms with Crippen LogP contribution in [-0.2, 0) is 6.54 Å². The van der Waals surface area contributed by atoms with E-state index >= 15 is 0 Å². The second-order valence-electron chi connectivity index (χ2n) is 6.95. The van der Waals surface area contributed by atoms with Crippen LogP contribution < -0.4 is 5.32 Å². The summed E-state index contributed by atoms with van der Waals surface area (Å²) in [5.74, 6) is 0. The van der Waals surface area contributed by atoms with Gasteiger partial charge in [-0.05, 0) is 54.9 Å². The average molecular weight is 424 g/mol. The van der Waals surface area contributed by atoms with E-state index < -0.39 is 5.51 Å². The van der Waals surface area contributed by atoms with Gasteiger partial charge in [0.15, 0.2) is 0 Å². The van der Waals surface area contributed by atoms with Crippen molar-refractivity contribution in [2.24, 2.45) is 0 Å². The number of alkyl halides is 3. The molecule has 1 atom stereocenters. The summed E-state index contributed by atoms with van der Waals surface area (Å²) in [4.78, 5) is 16.9. The van der Waals surface area contributed by atoms with Crippen LogP contribution in [0, 0.1) is 0 Å². The highest BCUT2D eigenvalue weighted by Crippen LogP contribution is 2.37. The van der Waals surface area contributed by atoms with E-state index in [1.54, 1.807) is 4.90 Å². The lowest BCUT2D eigenvalue weighted by Gasteiger charge is -2.28. The fourth-order valence-corrected chi connectivity index (χ4v) is 4.09. The van der Waals surface area contributed by atoms with E-state index in [4.69, 9.17) is 0 Å². The number of hydrogen-bond donors (Lipinski definition) is 1. The molecule has 1 heterocycles. The molecular weight excluding hydrogens is 399 g/mol. The number of likely N-dealkylation sites (tertiary alicyclic amines) is 1. The van der Waals surface area contributed by atoms with Crippen LogP contribution in [0.2, 0.25) is 0 Å². The first kappa shape index (κ1) is 21.5. The number of carbonyl (C=O) groups excluding carboxylic acids is 1. The number of amides is 2. The predicted molar refractivity (Wildman–Crippen MR) is 110 cm³/mol. The smallest absolute Gasteiger partial charge is 0.320 e. The van der Waals surface area contributed by atoms with Gasteiger partial charge in [-0.3, -0.25) is 4.90 Å². The van der Waals surface area contributed by atoms with Crippen LogP contribution in [-0.4, -0.2) is 47.0 Å². The molecule has 1 aliphatic heterocycles. The Balaban J connectivity index is 1.55. The molecule has 29 heavy (non-hydrogen) atoms. The Labute approximate surface area is 173 Å². The molecule has 1 fully saturated rings. The Kier molecular flexibility index (Phi) is 7.08. The van der Waals surface area contributed by atoms with Crippen molar-refractivity contribution in [3.8, 4) is 0 Å². The van der Waals surface area contributed by atoms with Gasteiger partial charge in [-0.2, -0.15) is 13.2 Å². The third kappa shape index (κ3) is 6.40. The molecule has 8 heteroatoms. The number of benzene rings is 2.